The summed E-state index contributed by atoms with van der Waals surface area (Å²) in [5.74, 6) is 0. The second-order valence-electron chi connectivity index (χ2n) is 7.35. The van der Waals surface area contributed by atoms with Gasteiger partial charge < -0.3 is 0 Å². The Balaban J connectivity index is 2.07. The quantitative estimate of drug-likeness (QED) is 0.791. The molecule has 0 radical (unpaired) electrons. The van der Waals surface area contributed by atoms with E-state index >= 15 is 0 Å². The zero-order chi connectivity index (χ0) is 15.1. The molecule has 2 aliphatic carbocycles. The first-order valence-corrected chi connectivity index (χ1v) is 8.97. The van der Waals surface area contributed by atoms with Gasteiger partial charge in [0.25, 0.3) is 0 Å². The van der Waals surface area contributed by atoms with Gasteiger partial charge in [-0.05, 0) is 51.7 Å². The van der Waals surface area contributed by atoms with Gasteiger partial charge in [0.2, 0.25) is 0 Å². The molecule has 0 aromatic carbocycles. The van der Waals surface area contributed by atoms with Crippen molar-refractivity contribution >= 4 is 16.7 Å². The molecule has 0 aliphatic heterocycles. The summed E-state index contributed by atoms with van der Waals surface area (Å²) in [5.41, 5.74) is 3.67. The molecule has 0 N–H and O–H groups in total. The molecule has 1 aromatic rings. The third kappa shape index (κ3) is 2.70. The number of rotatable bonds is 1. The summed E-state index contributed by atoms with van der Waals surface area (Å²) in [5, 5.41) is 0. The molecule has 1 spiro atoms. The largest absolute Gasteiger partial charge is 0.264 e. The van der Waals surface area contributed by atoms with Crippen LogP contribution in [0.2, 0.25) is 0 Å². The first-order valence-electron chi connectivity index (χ1n) is 7.87. The second kappa shape index (κ2) is 5.31. The lowest BCUT2D eigenvalue weighted by molar-refractivity contribution is 0.291. The van der Waals surface area contributed by atoms with Gasteiger partial charge in [0.1, 0.15) is 11.0 Å². The predicted octanol–water partition coefficient (Wildman–Crippen LogP) is 3.84. The summed E-state index contributed by atoms with van der Waals surface area (Å²) in [4.78, 5) is 4.27. The normalized spacial score (nSPS) is 24.2. The van der Waals surface area contributed by atoms with Gasteiger partial charge in [-0.1, -0.05) is 19.3 Å². The maximum atomic E-state index is 12.6. The van der Waals surface area contributed by atoms with Gasteiger partial charge in [0.05, 0.1) is 10.5 Å². The van der Waals surface area contributed by atoms with Gasteiger partial charge in [-0.3, -0.25) is 4.98 Å². The summed E-state index contributed by atoms with van der Waals surface area (Å²) in [6.07, 6.45) is 11.0. The topological polar surface area (TPSA) is 42.3 Å². The fourth-order valence-corrected chi connectivity index (χ4v) is 4.27. The van der Waals surface area contributed by atoms with Crippen molar-refractivity contribution in [3.05, 3.63) is 29.6 Å². The average Bonchev–Trinajstić information content (AvgIpc) is 2.72. The Kier molecular flexibility index (Phi) is 3.76. The van der Waals surface area contributed by atoms with Gasteiger partial charge in [-0.2, -0.15) is 4.40 Å². The Labute approximate surface area is 129 Å². The molecule has 0 unspecified atom stereocenters. The molecule has 1 atom stereocenters. The Bertz CT molecular complexity index is 595. The van der Waals surface area contributed by atoms with E-state index in [9.17, 15) is 4.21 Å². The minimum atomic E-state index is -1.19. The Hall–Kier alpha value is -1.03. The standard InChI is InChI=1S/C17H24N2OS/c1-16(2,3)21(20)19-15-14-7-10-18-12-13(14)11-17(15)8-5-4-6-9-17/h7,10,12H,4-6,8-9,11H2,1-3H3/t21-/m1/s1. The van der Waals surface area contributed by atoms with Crippen LogP contribution in [0.15, 0.2) is 22.9 Å². The van der Waals surface area contributed by atoms with Crippen molar-refractivity contribution in [1.82, 2.24) is 4.98 Å². The average molecular weight is 304 g/mol. The van der Waals surface area contributed by atoms with E-state index in [4.69, 9.17) is 4.40 Å². The van der Waals surface area contributed by atoms with E-state index < -0.39 is 11.0 Å². The highest BCUT2D eigenvalue weighted by atomic mass is 32.2. The van der Waals surface area contributed by atoms with Gasteiger partial charge in [-0.25, -0.2) is 4.21 Å². The summed E-state index contributed by atoms with van der Waals surface area (Å²) >= 11 is 0. The second-order valence-corrected chi connectivity index (χ2v) is 9.26. The maximum absolute atomic E-state index is 12.6. The van der Waals surface area contributed by atoms with E-state index in [1.165, 1.54) is 43.2 Å². The molecule has 21 heavy (non-hydrogen) atoms. The van der Waals surface area contributed by atoms with Crippen LogP contribution >= 0.6 is 0 Å². The highest BCUT2D eigenvalue weighted by Crippen LogP contribution is 2.47. The molecule has 0 amide bonds. The van der Waals surface area contributed by atoms with Crippen LogP contribution in [0.4, 0.5) is 0 Å². The number of hydrogen-bond acceptors (Lipinski definition) is 2. The van der Waals surface area contributed by atoms with Gasteiger partial charge >= 0.3 is 0 Å². The number of hydrogen-bond donors (Lipinski definition) is 0. The van der Waals surface area contributed by atoms with E-state index in [1.54, 1.807) is 0 Å². The summed E-state index contributed by atoms with van der Waals surface area (Å²) in [7, 11) is -1.19. The molecule has 1 saturated carbocycles. The number of aromatic nitrogens is 1. The molecule has 4 heteroatoms. The van der Waals surface area contributed by atoms with Crippen LogP contribution < -0.4 is 0 Å². The van der Waals surface area contributed by atoms with Crippen molar-refractivity contribution in [2.75, 3.05) is 0 Å². The molecule has 3 rings (SSSR count). The summed E-state index contributed by atoms with van der Waals surface area (Å²) in [6.45, 7) is 5.97. The molecule has 0 saturated heterocycles. The van der Waals surface area contributed by atoms with Gasteiger partial charge in [-0.15, -0.1) is 0 Å². The molecule has 2 aliphatic rings. The molecule has 3 nitrogen and oxygen atoms in total. The van der Waals surface area contributed by atoms with Crippen molar-refractivity contribution in [2.24, 2.45) is 9.81 Å². The summed E-state index contributed by atoms with van der Waals surface area (Å²) in [6, 6.07) is 2.05. The predicted molar refractivity (Wildman–Crippen MR) is 87.9 cm³/mol. The van der Waals surface area contributed by atoms with Crippen molar-refractivity contribution in [2.45, 2.75) is 64.0 Å². The van der Waals surface area contributed by atoms with E-state index in [-0.39, 0.29) is 10.2 Å². The molecule has 1 aromatic heterocycles. The van der Waals surface area contributed by atoms with Crippen LogP contribution in [0.3, 0.4) is 0 Å². The third-order valence-electron chi connectivity index (χ3n) is 4.70. The number of pyridine rings is 1. The lowest BCUT2D eigenvalue weighted by Gasteiger charge is -2.34. The zero-order valence-electron chi connectivity index (χ0n) is 13.2. The number of nitrogens with zero attached hydrogens (tertiary/aromatic N) is 2. The minimum absolute atomic E-state index is 0.116. The zero-order valence-corrected chi connectivity index (χ0v) is 14.0. The van der Waals surface area contributed by atoms with Gasteiger partial charge in [0, 0.05) is 23.4 Å². The molecule has 1 fully saturated rings. The fourth-order valence-electron chi connectivity index (χ4n) is 3.54. The van der Waals surface area contributed by atoms with Crippen molar-refractivity contribution in [3.63, 3.8) is 0 Å². The smallest absolute Gasteiger partial charge is 0.145 e. The molecule has 1 heterocycles. The fraction of sp³-hybridized carbons (Fsp3) is 0.647. The SMILES string of the molecule is CC(C)(C)[S@@](=O)N=C1c2ccncc2CC12CCCCC2. The Morgan fingerprint density at radius 1 is 1.24 bits per heavy atom. The van der Waals surface area contributed by atoms with E-state index in [0.717, 1.165) is 12.1 Å². The highest BCUT2D eigenvalue weighted by Gasteiger charge is 2.44. The Morgan fingerprint density at radius 3 is 2.62 bits per heavy atom. The van der Waals surface area contributed by atoms with Crippen molar-refractivity contribution in [1.29, 1.82) is 0 Å². The van der Waals surface area contributed by atoms with Crippen LogP contribution in [-0.2, 0) is 17.4 Å². The van der Waals surface area contributed by atoms with Crippen LogP contribution in [0.1, 0.15) is 64.0 Å². The van der Waals surface area contributed by atoms with E-state index in [0.29, 0.717) is 0 Å². The molecule has 114 valence electrons. The Morgan fingerprint density at radius 2 is 1.95 bits per heavy atom. The first-order chi connectivity index (χ1) is 9.92. The van der Waals surface area contributed by atoms with Crippen LogP contribution in [0, 0.1) is 5.41 Å². The first kappa shape index (κ1) is 14.9. The number of fused-ring (bicyclic) bond motifs is 1. The van der Waals surface area contributed by atoms with Gasteiger partial charge in [0.15, 0.2) is 0 Å². The minimum Gasteiger partial charge on any atom is -0.264 e. The monoisotopic (exact) mass is 304 g/mol. The molecule has 0 bridgehead atoms. The van der Waals surface area contributed by atoms with E-state index in [2.05, 4.69) is 11.1 Å². The highest BCUT2D eigenvalue weighted by molar-refractivity contribution is 7.85. The van der Waals surface area contributed by atoms with Crippen molar-refractivity contribution < 1.29 is 4.21 Å². The lowest BCUT2D eigenvalue weighted by Crippen LogP contribution is -2.32. The van der Waals surface area contributed by atoms with Crippen LogP contribution in [-0.4, -0.2) is 19.7 Å². The van der Waals surface area contributed by atoms with Crippen LogP contribution in [0.25, 0.3) is 0 Å². The maximum Gasteiger partial charge on any atom is 0.145 e. The summed E-state index contributed by atoms with van der Waals surface area (Å²) < 4.78 is 17.0. The lowest BCUT2D eigenvalue weighted by atomic mass is 9.71. The molecular formula is C17H24N2OS. The van der Waals surface area contributed by atoms with E-state index in [1.807, 2.05) is 33.2 Å². The van der Waals surface area contributed by atoms with Crippen LogP contribution in [0.5, 0.6) is 0 Å². The molecular weight excluding hydrogens is 280 g/mol. The third-order valence-corrected chi connectivity index (χ3v) is 6.09. The van der Waals surface area contributed by atoms with Crippen molar-refractivity contribution in [3.8, 4) is 0 Å².